The van der Waals surface area contributed by atoms with E-state index < -0.39 is 0 Å². The van der Waals surface area contributed by atoms with Crippen LogP contribution in [0.4, 0.5) is 0 Å². The van der Waals surface area contributed by atoms with E-state index in [0.29, 0.717) is 0 Å². The number of fused-ring (bicyclic) bond motifs is 11. The number of nitrogens with zero attached hydrogens (tertiary/aromatic N) is 1. The van der Waals surface area contributed by atoms with Crippen molar-refractivity contribution in [1.29, 1.82) is 0 Å². The summed E-state index contributed by atoms with van der Waals surface area (Å²) in [5.74, 6) is 0. The van der Waals surface area contributed by atoms with Gasteiger partial charge >= 0.3 is 0 Å². The van der Waals surface area contributed by atoms with Crippen molar-refractivity contribution < 1.29 is 0 Å². The van der Waals surface area contributed by atoms with Crippen LogP contribution >= 0.6 is 0 Å². The number of nitrogens with one attached hydrogen (secondary N) is 1. The largest absolute Gasteiger partial charge is 0.355 e. The van der Waals surface area contributed by atoms with Crippen molar-refractivity contribution in [2.45, 2.75) is 71.6 Å². The summed E-state index contributed by atoms with van der Waals surface area (Å²) in [7, 11) is 0. The standard InChI is InChI=1S/C48H44N2/c1-45(2)36-17-13-12-16-31(36)32-27-42-34(26-38(32)45)33-24-29(19-23-41(33)50(42)30-14-10-9-11-15-30)28-18-21-39-35(25-28)43-40(49-39)22-20-37-44(43)47(5,6)48(7,8)46(37,3)4/h9-27,49H,1-8H3. The molecule has 0 atom stereocenters. The Hall–Kier alpha value is -5.08. The van der Waals surface area contributed by atoms with Crippen LogP contribution in [0.1, 0.15) is 77.6 Å². The van der Waals surface area contributed by atoms with Gasteiger partial charge in [-0.05, 0) is 115 Å². The third kappa shape index (κ3) is 3.49. The number of aromatic amines is 1. The van der Waals surface area contributed by atoms with Gasteiger partial charge in [0.1, 0.15) is 0 Å². The number of rotatable bonds is 2. The van der Waals surface area contributed by atoms with Gasteiger partial charge in [0.15, 0.2) is 0 Å². The first kappa shape index (κ1) is 29.8. The lowest BCUT2D eigenvalue weighted by atomic mass is 9.59. The molecule has 2 aliphatic rings. The Morgan fingerprint density at radius 1 is 0.480 bits per heavy atom. The fourth-order valence-corrected chi connectivity index (χ4v) is 10.0. The third-order valence-electron chi connectivity index (χ3n) is 14.0. The molecule has 0 saturated heterocycles. The zero-order valence-corrected chi connectivity index (χ0v) is 30.4. The maximum absolute atomic E-state index is 3.79. The van der Waals surface area contributed by atoms with Gasteiger partial charge in [-0.3, -0.25) is 0 Å². The lowest BCUT2D eigenvalue weighted by molar-refractivity contribution is 0.125. The molecule has 2 aliphatic carbocycles. The van der Waals surface area contributed by atoms with E-state index in [0.717, 1.165) is 0 Å². The summed E-state index contributed by atoms with van der Waals surface area (Å²) in [6.45, 7) is 19.4. The smallest absolute Gasteiger partial charge is 0.0547 e. The molecule has 1 N–H and O–H groups in total. The summed E-state index contributed by atoms with van der Waals surface area (Å²) in [5, 5.41) is 5.31. The molecule has 0 bridgehead atoms. The highest BCUT2D eigenvalue weighted by molar-refractivity contribution is 6.14. The molecule has 2 nitrogen and oxygen atoms in total. The van der Waals surface area contributed by atoms with Crippen LogP contribution in [-0.4, -0.2) is 9.55 Å². The molecular formula is C48H44N2. The molecule has 0 radical (unpaired) electrons. The minimum Gasteiger partial charge on any atom is -0.355 e. The van der Waals surface area contributed by atoms with E-state index in [1.54, 1.807) is 0 Å². The van der Waals surface area contributed by atoms with Crippen LogP contribution in [0.5, 0.6) is 0 Å². The van der Waals surface area contributed by atoms with Gasteiger partial charge in [-0.1, -0.05) is 116 Å². The van der Waals surface area contributed by atoms with Gasteiger partial charge in [-0.15, -0.1) is 0 Å². The maximum Gasteiger partial charge on any atom is 0.0547 e. The zero-order chi connectivity index (χ0) is 34.5. The minimum atomic E-state index is -0.0591. The van der Waals surface area contributed by atoms with Crippen LogP contribution in [0, 0.1) is 5.41 Å². The fourth-order valence-electron chi connectivity index (χ4n) is 10.0. The highest BCUT2D eigenvalue weighted by Gasteiger charge is 2.57. The van der Waals surface area contributed by atoms with E-state index in [1.807, 2.05) is 0 Å². The number of benzene rings is 6. The van der Waals surface area contributed by atoms with Crippen molar-refractivity contribution in [2.75, 3.05) is 0 Å². The summed E-state index contributed by atoms with van der Waals surface area (Å²) >= 11 is 0. The van der Waals surface area contributed by atoms with E-state index in [4.69, 9.17) is 0 Å². The van der Waals surface area contributed by atoms with Gasteiger partial charge < -0.3 is 9.55 Å². The summed E-state index contributed by atoms with van der Waals surface area (Å²) in [4.78, 5) is 3.79. The number of hydrogen-bond donors (Lipinski definition) is 1. The van der Waals surface area contributed by atoms with Crippen LogP contribution in [-0.2, 0) is 16.2 Å². The van der Waals surface area contributed by atoms with Crippen LogP contribution in [0.2, 0.25) is 0 Å². The Balaban J connectivity index is 1.23. The first-order valence-corrected chi connectivity index (χ1v) is 18.2. The SMILES string of the molecule is CC1(C)c2ccccc2-c2cc3c(cc21)c1cc(-c2ccc4[nH]c5ccc6c(c5c4c2)C(C)(C)C(C)(C)C6(C)C)ccc1n3-c1ccccc1. The second-order valence-corrected chi connectivity index (χ2v) is 17.2. The van der Waals surface area contributed by atoms with Crippen molar-refractivity contribution in [3.63, 3.8) is 0 Å². The Labute approximate surface area is 294 Å². The quantitative estimate of drug-likeness (QED) is 0.193. The molecular weight excluding hydrogens is 605 g/mol. The van der Waals surface area contributed by atoms with Crippen molar-refractivity contribution in [1.82, 2.24) is 9.55 Å². The summed E-state index contributed by atoms with van der Waals surface area (Å²) in [5.41, 5.74) is 17.3. The second-order valence-electron chi connectivity index (χ2n) is 17.2. The number of para-hydroxylation sites is 1. The van der Waals surface area contributed by atoms with E-state index in [2.05, 4.69) is 180 Å². The topological polar surface area (TPSA) is 20.7 Å². The molecule has 50 heavy (non-hydrogen) atoms. The van der Waals surface area contributed by atoms with Gasteiger partial charge in [0, 0.05) is 43.7 Å². The van der Waals surface area contributed by atoms with Crippen LogP contribution in [0.15, 0.2) is 115 Å². The van der Waals surface area contributed by atoms with E-state index >= 15 is 0 Å². The average molecular weight is 649 g/mol. The lowest BCUT2D eigenvalue weighted by Gasteiger charge is -2.44. The van der Waals surface area contributed by atoms with E-state index in [1.165, 1.54) is 93.8 Å². The molecule has 10 rings (SSSR count). The Morgan fingerprint density at radius 2 is 1.14 bits per heavy atom. The van der Waals surface area contributed by atoms with E-state index in [-0.39, 0.29) is 21.7 Å². The van der Waals surface area contributed by atoms with Crippen LogP contribution < -0.4 is 0 Å². The van der Waals surface area contributed by atoms with Crippen molar-refractivity contribution in [3.05, 3.63) is 138 Å². The molecule has 0 amide bonds. The number of aromatic nitrogens is 2. The minimum absolute atomic E-state index is 0.0162. The normalized spacial score (nSPS) is 17.8. The van der Waals surface area contributed by atoms with Gasteiger partial charge in [-0.25, -0.2) is 0 Å². The molecule has 0 saturated carbocycles. The van der Waals surface area contributed by atoms with Gasteiger partial charge in [0.25, 0.3) is 0 Å². The molecule has 6 aromatic carbocycles. The molecule has 0 spiro atoms. The molecule has 246 valence electrons. The number of H-pyrrole nitrogens is 1. The lowest BCUT2D eigenvalue weighted by Crippen LogP contribution is -2.42. The molecule has 2 aromatic heterocycles. The second kappa shape index (κ2) is 9.37. The van der Waals surface area contributed by atoms with E-state index in [9.17, 15) is 0 Å². The zero-order valence-electron chi connectivity index (χ0n) is 30.4. The first-order chi connectivity index (χ1) is 23.8. The predicted octanol–water partition coefficient (Wildman–Crippen LogP) is 13.0. The molecule has 2 heterocycles. The Kier molecular flexibility index (Phi) is 5.59. The molecule has 0 fully saturated rings. The Bertz CT molecular complexity index is 2740. The first-order valence-electron chi connectivity index (χ1n) is 18.2. The number of hydrogen-bond acceptors (Lipinski definition) is 0. The highest BCUT2D eigenvalue weighted by Crippen LogP contribution is 2.63. The van der Waals surface area contributed by atoms with Crippen molar-refractivity contribution in [2.24, 2.45) is 5.41 Å². The van der Waals surface area contributed by atoms with Crippen molar-refractivity contribution >= 4 is 43.6 Å². The predicted molar refractivity (Wildman–Crippen MR) is 213 cm³/mol. The highest BCUT2D eigenvalue weighted by atomic mass is 15.0. The van der Waals surface area contributed by atoms with Crippen molar-refractivity contribution in [3.8, 4) is 27.9 Å². The molecule has 0 unspecified atom stereocenters. The monoisotopic (exact) mass is 648 g/mol. The Morgan fingerprint density at radius 3 is 1.92 bits per heavy atom. The summed E-state index contributed by atoms with van der Waals surface area (Å²) in [6, 6.07) is 43.6. The van der Waals surface area contributed by atoms with Gasteiger partial charge in [-0.2, -0.15) is 0 Å². The van der Waals surface area contributed by atoms with Gasteiger partial charge in [0.2, 0.25) is 0 Å². The summed E-state index contributed by atoms with van der Waals surface area (Å²) in [6.07, 6.45) is 0. The average Bonchev–Trinajstić information content (AvgIpc) is 3.74. The summed E-state index contributed by atoms with van der Waals surface area (Å²) < 4.78 is 2.46. The molecule has 0 aliphatic heterocycles. The third-order valence-corrected chi connectivity index (χ3v) is 14.0. The van der Waals surface area contributed by atoms with Crippen LogP contribution in [0.25, 0.3) is 71.6 Å². The van der Waals surface area contributed by atoms with Crippen LogP contribution in [0.3, 0.4) is 0 Å². The fraction of sp³-hybridized carbons (Fsp3) is 0.250. The van der Waals surface area contributed by atoms with Gasteiger partial charge in [0.05, 0.1) is 11.0 Å². The maximum atomic E-state index is 3.79. The molecule has 2 heteroatoms. The molecule has 8 aromatic rings.